The first kappa shape index (κ1) is 25.4. The monoisotopic (exact) mass is 459 g/mol. The molecule has 3 aromatic rings. The van der Waals surface area contributed by atoms with Crippen molar-refractivity contribution in [3.05, 3.63) is 95.8 Å². The summed E-state index contributed by atoms with van der Waals surface area (Å²) in [6, 6.07) is 21.8. The van der Waals surface area contributed by atoms with E-state index in [2.05, 4.69) is 29.5 Å². The fourth-order valence-corrected chi connectivity index (χ4v) is 3.92. The highest BCUT2D eigenvalue weighted by Gasteiger charge is 2.20. The molecule has 5 heteroatoms. The van der Waals surface area contributed by atoms with E-state index >= 15 is 0 Å². The predicted octanol–water partition coefficient (Wildman–Crippen LogP) is 5.65. The molecule has 0 bridgehead atoms. The molecule has 0 fully saturated rings. The van der Waals surface area contributed by atoms with Gasteiger partial charge in [0.1, 0.15) is 5.75 Å². The minimum Gasteiger partial charge on any atom is -0.493 e. The second-order valence-corrected chi connectivity index (χ2v) is 8.96. The second kappa shape index (κ2) is 13.5. The number of aromatic nitrogens is 1. The van der Waals surface area contributed by atoms with Crippen molar-refractivity contribution in [2.75, 3.05) is 13.2 Å². The third-order valence-corrected chi connectivity index (χ3v) is 6.01. The molecular weight excluding hydrogens is 422 g/mol. The molecule has 2 aromatic carbocycles. The quantitative estimate of drug-likeness (QED) is 0.347. The molecule has 1 unspecified atom stereocenters. The zero-order chi connectivity index (χ0) is 24.2. The maximum atomic E-state index is 13.1. The molecule has 0 spiro atoms. The van der Waals surface area contributed by atoms with E-state index in [1.165, 1.54) is 0 Å². The first-order chi connectivity index (χ1) is 16.6. The summed E-state index contributed by atoms with van der Waals surface area (Å²) >= 11 is 0. The number of amides is 1. The maximum Gasteiger partial charge on any atom is 0.227 e. The Labute approximate surface area is 204 Å². The Bertz CT molecular complexity index is 977. The van der Waals surface area contributed by atoms with Gasteiger partial charge in [0.05, 0.1) is 18.6 Å². The van der Waals surface area contributed by atoms with Crippen molar-refractivity contribution < 1.29 is 9.53 Å². The number of nitrogens with one attached hydrogen (secondary N) is 2. The fraction of sp³-hybridized carbons (Fsp3) is 0.379. The lowest BCUT2D eigenvalue weighted by atomic mass is 9.99. The minimum atomic E-state index is -0.232. The molecule has 0 saturated heterocycles. The van der Waals surface area contributed by atoms with Crippen LogP contribution in [0.5, 0.6) is 5.75 Å². The normalized spacial score (nSPS) is 13.6. The van der Waals surface area contributed by atoms with Crippen LogP contribution in [0.25, 0.3) is 0 Å². The topological polar surface area (TPSA) is 63.2 Å². The molecule has 0 radical (unpaired) electrons. The lowest BCUT2D eigenvalue weighted by Crippen LogP contribution is -2.37. The number of carbonyl (C=O) groups is 1. The number of ether oxygens (including phenoxy) is 1. The Morgan fingerprint density at radius 2 is 1.74 bits per heavy atom. The molecule has 3 rings (SSSR count). The minimum absolute atomic E-state index is 0.00750. The van der Waals surface area contributed by atoms with E-state index in [0.717, 1.165) is 35.3 Å². The first-order valence-corrected chi connectivity index (χ1v) is 12.2. The highest BCUT2D eigenvalue weighted by Crippen LogP contribution is 2.21. The SMILES string of the molecule is CCCC(C)COc1ccc([C@H](CNCc2cccnc2)NC(=O)[C@@H](C)c2ccccc2)cc1. The first-order valence-electron chi connectivity index (χ1n) is 12.2. The van der Waals surface area contributed by atoms with Crippen molar-refractivity contribution in [2.45, 2.75) is 52.1 Å². The molecular formula is C29H37N3O2. The van der Waals surface area contributed by atoms with Crippen LogP contribution in [-0.2, 0) is 11.3 Å². The van der Waals surface area contributed by atoms with Gasteiger partial charge in [-0.3, -0.25) is 9.78 Å². The molecule has 0 saturated carbocycles. The summed E-state index contributed by atoms with van der Waals surface area (Å²) < 4.78 is 5.96. The third kappa shape index (κ3) is 7.99. The summed E-state index contributed by atoms with van der Waals surface area (Å²) in [5.41, 5.74) is 3.16. The summed E-state index contributed by atoms with van der Waals surface area (Å²) in [7, 11) is 0. The van der Waals surface area contributed by atoms with Crippen LogP contribution in [0.2, 0.25) is 0 Å². The zero-order valence-electron chi connectivity index (χ0n) is 20.5. The van der Waals surface area contributed by atoms with Crippen molar-refractivity contribution in [1.29, 1.82) is 0 Å². The van der Waals surface area contributed by atoms with Crippen LogP contribution in [0.1, 0.15) is 62.3 Å². The van der Waals surface area contributed by atoms with E-state index in [-0.39, 0.29) is 17.9 Å². The molecule has 1 aromatic heterocycles. The largest absolute Gasteiger partial charge is 0.493 e. The molecule has 1 heterocycles. The van der Waals surface area contributed by atoms with Gasteiger partial charge in [0.15, 0.2) is 0 Å². The molecule has 3 atom stereocenters. The average molecular weight is 460 g/mol. The van der Waals surface area contributed by atoms with E-state index in [0.29, 0.717) is 25.6 Å². The highest BCUT2D eigenvalue weighted by atomic mass is 16.5. The molecule has 0 aliphatic rings. The third-order valence-electron chi connectivity index (χ3n) is 6.01. The summed E-state index contributed by atoms with van der Waals surface area (Å²) in [4.78, 5) is 17.3. The highest BCUT2D eigenvalue weighted by molar-refractivity contribution is 5.83. The van der Waals surface area contributed by atoms with Crippen molar-refractivity contribution in [3.8, 4) is 5.75 Å². The number of hydrogen-bond acceptors (Lipinski definition) is 4. The van der Waals surface area contributed by atoms with E-state index in [1.54, 1.807) is 6.20 Å². The number of benzene rings is 2. The van der Waals surface area contributed by atoms with Gasteiger partial charge in [0.25, 0.3) is 0 Å². The van der Waals surface area contributed by atoms with Crippen molar-refractivity contribution in [2.24, 2.45) is 5.92 Å². The van der Waals surface area contributed by atoms with Crippen molar-refractivity contribution in [3.63, 3.8) is 0 Å². The van der Waals surface area contributed by atoms with Crippen molar-refractivity contribution in [1.82, 2.24) is 15.6 Å². The van der Waals surface area contributed by atoms with Crippen LogP contribution >= 0.6 is 0 Å². The van der Waals surface area contributed by atoms with Crippen LogP contribution in [0.4, 0.5) is 0 Å². The second-order valence-electron chi connectivity index (χ2n) is 8.96. The maximum absolute atomic E-state index is 13.1. The zero-order valence-corrected chi connectivity index (χ0v) is 20.5. The predicted molar refractivity (Wildman–Crippen MR) is 138 cm³/mol. The van der Waals surface area contributed by atoms with Crippen LogP contribution in [-0.4, -0.2) is 24.0 Å². The van der Waals surface area contributed by atoms with Gasteiger partial charge in [0, 0.05) is 25.5 Å². The lowest BCUT2D eigenvalue weighted by molar-refractivity contribution is -0.123. The molecule has 1 amide bonds. The summed E-state index contributed by atoms with van der Waals surface area (Å²) in [6.07, 6.45) is 5.94. The Hall–Kier alpha value is -3.18. The fourth-order valence-electron chi connectivity index (χ4n) is 3.92. The van der Waals surface area contributed by atoms with E-state index in [9.17, 15) is 4.79 Å². The van der Waals surface area contributed by atoms with Gasteiger partial charge >= 0.3 is 0 Å². The van der Waals surface area contributed by atoms with Gasteiger partial charge in [-0.2, -0.15) is 0 Å². The van der Waals surface area contributed by atoms with Gasteiger partial charge in [-0.15, -0.1) is 0 Å². The number of pyridine rings is 1. The van der Waals surface area contributed by atoms with Gasteiger partial charge in [-0.25, -0.2) is 0 Å². The average Bonchev–Trinajstić information content (AvgIpc) is 2.88. The van der Waals surface area contributed by atoms with Crippen LogP contribution in [0.15, 0.2) is 79.1 Å². The summed E-state index contributed by atoms with van der Waals surface area (Å²) in [5, 5.41) is 6.71. The number of hydrogen-bond donors (Lipinski definition) is 2. The number of rotatable bonds is 13. The molecule has 5 nitrogen and oxygen atoms in total. The number of nitrogens with zero attached hydrogens (tertiary/aromatic N) is 1. The van der Waals surface area contributed by atoms with E-state index in [4.69, 9.17) is 4.74 Å². The van der Waals surface area contributed by atoms with Gasteiger partial charge < -0.3 is 15.4 Å². The Morgan fingerprint density at radius 3 is 2.41 bits per heavy atom. The van der Waals surface area contributed by atoms with E-state index in [1.807, 2.05) is 79.9 Å². The van der Waals surface area contributed by atoms with Crippen LogP contribution in [0, 0.1) is 5.92 Å². The lowest BCUT2D eigenvalue weighted by Gasteiger charge is -2.23. The van der Waals surface area contributed by atoms with Crippen molar-refractivity contribution >= 4 is 5.91 Å². The Morgan fingerprint density at radius 1 is 0.971 bits per heavy atom. The smallest absolute Gasteiger partial charge is 0.227 e. The van der Waals surface area contributed by atoms with Gasteiger partial charge in [-0.1, -0.05) is 68.8 Å². The van der Waals surface area contributed by atoms with Crippen LogP contribution < -0.4 is 15.4 Å². The van der Waals surface area contributed by atoms with Gasteiger partial charge in [0.2, 0.25) is 5.91 Å². The van der Waals surface area contributed by atoms with Gasteiger partial charge in [-0.05, 0) is 54.2 Å². The summed E-state index contributed by atoms with van der Waals surface area (Å²) in [6.45, 7) is 8.36. The molecule has 34 heavy (non-hydrogen) atoms. The molecule has 0 aliphatic heterocycles. The summed E-state index contributed by atoms with van der Waals surface area (Å²) in [5.74, 6) is 1.17. The Kier molecular flexibility index (Phi) is 10.1. The number of carbonyl (C=O) groups excluding carboxylic acids is 1. The van der Waals surface area contributed by atoms with Crippen LogP contribution in [0.3, 0.4) is 0 Å². The molecule has 0 aliphatic carbocycles. The standard InChI is InChI=1S/C29H37N3O2/c1-4-9-22(2)21-34-27-15-13-26(14-16-27)28(20-31-19-24-10-8-17-30-18-24)32-29(33)23(3)25-11-6-5-7-12-25/h5-8,10-18,22-23,28,31H,4,9,19-21H2,1-3H3,(H,32,33)/t22?,23-,28-/m0/s1. The molecule has 2 N–H and O–H groups in total. The van der Waals surface area contributed by atoms with E-state index < -0.39 is 0 Å². The Balaban J connectivity index is 1.66. The molecule has 180 valence electrons.